The quantitative estimate of drug-likeness (QED) is 0.448. The van der Waals surface area contributed by atoms with Crippen molar-refractivity contribution in [1.29, 1.82) is 0 Å². The molecule has 0 aliphatic heterocycles. The van der Waals surface area contributed by atoms with Gasteiger partial charge in [0.25, 0.3) is 0 Å². The molecule has 0 aliphatic carbocycles. The van der Waals surface area contributed by atoms with Gasteiger partial charge in [0, 0.05) is 0 Å². The normalized spacial score (nSPS) is 8.11. The second-order valence-corrected chi connectivity index (χ2v) is 3.43. The Bertz CT molecular complexity index is 215. The average Bonchev–Trinajstić information content (AvgIpc) is 2.34. The first-order valence-corrected chi connectivity index (χ1v) is 4.41. The van der Waals surface area contributed by atoms with E-state index >= 15 is 0 Å². The minimum absolute atomic E-state index is 0.0343. The van der Waals surface area contributed by atoms with Crippen LogP contribution in [0.15, 0.2) is 17.1 Å². The Morgan fingerprint density at radius 2 is 2.56 bits per heavy atom. The van der Waals surface area contributed by atoms with Crippen molar-refractivity contribution in [3.05, 3.63) is 21.5 Å². The summed E-state index contributed by atoms with van der Waals surface area (Å²) in [7, 11) is 0. The third kappa shape index (κ3) is 2.07. The number of hydrogen-bond acceptors (Lipinski definition) is 1. The topological polar surface area (TPSA) is 20.2 Å². The van der Waals surface area contributed by atoms with Crippen LogP contribution in [0.1, 0.15) is 4.44 Å². The summed E-state index contributed by atoms with van der Waals surface area (Å²) in [5.74, 6) is 5.46. The summed E-state index contributed by atoms with van der Waals surface area (Å²) < 4.78 is 1.15. The van der Waals surface area contributed by atoms with E-state index in [9.17, 15) is 0 Å². The molecule has 0 amide bonds. The Balaban J connectivity index is 2.67. The first-order valence-electron chi connectivity index (χ1n) is 2.56. The van der Waals surface area contributed by atoms with Gasteiger partial charge < -0.3 is 0 Å². The van der Waals surface area contributed by atoms with Gasteiger partial charge >= 0.3 is 59.6 Å². The molecule has 1 N–H and O–H groups in total. The van der Waals surface area contributed by atoms with Crippen LogP contribution in [-0.4, -0.2) is 26.2 Å². The summed E-state index contributed by atoms with van der Waals surface area (Å²) in [5, 5.41) is 8.31. The molecular formula is C7H6OSe. The van der Waals surface area contributed by atoms with Crippen LogP contribution in [0, 0.1) is 11.8 Å². The molecule has 0 aliphatic rings. The molecule has 0 saturated heterocycles. The van der Waals surface area contributed by atoms with E-state index in [4.69, 9.17) is 5.11 Å². The van der Waals surface area contributed by atoms with Crippen molar-refractivity contribution in [2.24, 2.45) is 0 Å². The van der Waals surface area contributed by atoms with Crippen LogP contribution in [0.5, 0.6) is 0 Å². The summed E-state index contributed by atoms with van der Waals surface area (Å²) in [4.78, 5) is 2.11. The van der Waals surface area contributed by atoms with E-state index in [0.29, 0.717) is 14.5 Å². The van der Waals surface area contributed by atoms with Crippen molar-refractivity contribution in [2.75, 3.05) is 6.61 Å². The number of aliphatic hydroxyl groups excluding tert-OH is 1. The van der Waals surface area contributed by atoms with Crippen LogP contribution in [0.2, 0.25) is 0 Å². The average molecular weight is 185 g/mol. The van der Waals surface area contributed by atoms with Crippen LogP contribution in [-0.2, 0) is 0 Å². The Morgan fingerprint density at radius 3 is 3.11 bits per heavy atom. The number of rotatable bonds is 0. The van der Waals surface area contributed by atoms with Crippen LogP contribution in [0.3, 0.4) is 0 Å². The second-order valence-electron chi connectivity index (χ2n) is 1.44. The first kappa shape index (κ1) is 6.64. The monoisotopic (exact) mass is 186 g/mol. The third-order valence-corrected chi connectivity index (χ3v) is 2.46. The molecule has 1 heterocycles. The molecule has 0 unspecified atom stereocenters. The van der Waals surface area contributed by atoms with Crippen LogP contribution < -0.4 is 0 Å². The summed E-state index contributed by atoms with van der Waals surface area (Å²) >= 11 is 0.433. The third-order valence-electron chi connectivity index (χ3n) is 0.812. The van der Waals surface area contributed by atoms with Gasteiger partial charge in [-0.2, -0.15) is 0 Å². The maximum absolute atomic E-state index is 8.31. The van der Waals surface area contributed by atoms with Crippen LogP contribution in [0.4, 0.5) is 0 Å². The summed E-state index contributed by atoms with van der Waals surface area (Å²) in [6.45, 7) is -0.0343. The van der Waals surface area contributed by atoms with Gasteiger partial charge in [-0.1, -0.05) is 0 Å². The fraction of sp³-hybridized carbons (Fsp3) is 0.143. The number of aliphatic hydroxyl groups is 1. The molecule has 9 heavy (non-hydrogen) atoms. The maximum atomic E-state index is 8.31. The number of hydrogen-bond donors (Lipinski definition) is 1. The van der Waals surface area contributed by atoms with Gasteiger partial charge in [-0.15, -0.1) is 0 Å². The Hall–Kier alpha value is -0.481. The molecule has 1 aromatic heterocycles. The molecule has 0 spiro atoms. The SMILES string of the molecule is OCC#Cc1ccc[se]1. The molecular weight excluding hydrogens is 179 g/mol. The van der Waals surface area contributed by atoms with Crippen molar-refractivity contribution in [2.45, 2.75) is 0 Å². The van der Waals surface area contributed by atoms with Crippen molar-refractivity contribution in [1.82, 2.24) is 0 Å². The van der Waals surface area contributed by atoms with E-state index in [-0.39, 0.29) is 6.61 Å². The fourth-order valence-electron chi connectivity index (χ4n) is 0.476. The molecule has 0 bridgehead atoms. The predicted molar refractivity (Wildman–Crippen MR) is 37.3 cm³/mol. The molecule has 2 heteroatoms. The zero-order valence-corrected chi connectivity index (χ0v) is 6.51. The summed E-state index contributed by atoms with van der Waals surface area (Å²) in [6.07, 6.45) is 0. The van der Waals surface area contributed by atoms with Crippen LogP contribution in [0.25, 0.3) is 0 Å². The van der Waals surface area contributed by atoms with Gasteiger partial charge in [0.15, 0.2) is 0 Å². The van der Waals surface area contributed by atoms with Crippen molar-refractivity contribution in [3.63, 3.8) is 0 Å². The Labute approximate surface area is 60.1 Å². The van der Waals surface area contributed by atoms with Gasteiger partial charge in [-0.05, 0) is 0 Å². The van der Waals surface area contributed by atoms with Crippen molar-refractivity contribution < 1.29 is 5.11 Å². The molecule has 0 fully saturated rings. The Morgan fingerprint density at radius 1 is 1.67 bits per heavy atom. The van der Waals surface area contributed by atoms with Gasteiger partial charge in [-0.25, -0.2) is 0 Å². The standard InChI is InChI=1S/C7H6OSe/c8-5-1-3-7-4-2-6-9-7/h2,4,6,8H,5H2. The van der Waals surface area contributed by atoms with E-state index in [2.05, 4.69) is 16.8 Å². The molecule has 0 saturated carbocycles. The van der Waals surface area contributed by atoms with E-state index in [0.717, 1.165) is 4.44 Å². The zero-order chi connectivity index (χ0) is 6.53. The first-order chi connectivity index (χ1) is 4.43. The van der Waals surface area contributed by atoms with E-state index in [1.54, 1.807) is 0 Å². The molecule has 0 radical (unpaired) electrons. The van der Waals surface area contributed by atoms with Crippen molar-refractivity contribution in [3.8, 4) is 11.8 Å². The van der Waals surface area contributed by atoms with E-state index < -0.39 is 0 Å². The molecule has 0 atom stereocenters. The van der Waals surface area contributed by atoms with Gasteiger partial charge in [0.1, 0.15) is 0 Å². The predicted octanol–water partition coefficient (Wildman–Crippen LogP) is 0.0874. The van der Waals surface area contributed by atoms with E-state index in [1.165, 1.54) is 0 Å². The molecule has 0 aromatic carbocycles. The van der Waals surface area contributed by atoms with Crippen molar-refractivity contribution >= 4 is 14.5 Å². The Kier molecular flexibility index (Phi) is 2.60. The minimum atomic E-state index is -0.0343. The zero-order valence-electron chi connectivity index (χ0n) is 4.79. The van der Waals surface area contributed by atoms with Gasteiger partial charge in [-0.3, -0.25) is 0 Å². The summed E-state index contributed by atoms with van der Waals surface area (Å²) in [5.41, 5.74) is 0. The summed E-state index contributed by atoms with van der Waals surface area (Å²) in [6, 6.07) is 3.99. The molecule has 1 rings (SSSR count). The van der Waals surface area contributed by atoms with Gasteiger partial charge in [0.2, 0.25) is 0 Å². The fourth-order valence-corrected chi connectivity index (χ4v) is 1.72. The molecule has 1 nitrogen and oxygen atoms in total. The van der Waals surface area contributed by atoms with E-state index in [1.807, 2.05) is 12.1 Å². The van der Waals surface area contributed by atoms with Crippen LogP contribution >= 0.6 is 0 Å². The van der Waals surface area contributed by atoms with Gasteiger partial charge in [0.05, 0.1) is 0 Å². The second kappa shape index (κ2) is 3.53. The molecule has 1 aromatic rings. The molecule has 46 valence electrons.